The fourth-order valence-corrected chi connectivity index (χ4v) is 3.86. The molecule has 5 nitrogen and oxygen atoms in total. The maximum Gasteiger partial charge on any atom is 0.293 e. The third-order valence-corrected chi connectivity index (χ3v) is 5.50. The number of imide groups is 1. The van der Waals surface area contributed by atoms with E-state index in [0.29, 0.717) is 27.5 Å². The molecule has 2 amide bonds. The Morgan fingerprint density at radius 2 is 1.85 bits per heavy atom. The minimum atomic E-state index is -0.381. The number of nitrogens with zero attached hydrogens (tertiary/aromatic N) is 1. The molecular formula is C18H11BrFNO4S. The van der Waals surface area contributed by atoms with E-state index in [1.807, 2.05) is 0 Å². The molecule has 2 heterocycles. The molecule has 2 aromatic carbocycles. The third-order valence-electron chi connectivity index (χ3n) is 3.91. The van der Waals surface area contributed by atoms with Crippen LogP contribution in [0, 0.1) is 5.82 Å². The molecule has 0 bridgehead atoms. The van der Waals surface area contributed by atoms with Crippen LogP contribution < -0.4 is 9.47 Å². The number of benzene rings is 2. The minimum absolute atomic E-state index is 0.102. The lowest BCUT2D eigenvalue weighted by molar-refractivity contribution is -0.123. The van der Waals surface area contributed by atoms with Crippen LogP contribution >= 0.6 is 27.7 Å². The summed E-state index contributed by atoms with van der Waals surface area (Å²) in [6, 6.07) is 9.21. The number of amides is 2. The molecule has 1 fully saturated rings. The average molecular weight is 436 g/mol. The first-order valence-corrected chi connectivity index (χ1v) is 9.21. The Morgan fingerprint density at radius 3 is 2.58 bits per heavy atom. The van der Waals surface area contributed by atoms with Gasteiger partial charge in [-0.15, -0.1) is 0 Å². The van der Waals surface area contributed by atoms with Gasteiger partial charge >= 0.3 is 0 Å². The van der Waals surface area contributed by atoms with Crippen molar-refractivity contribution in [3.05, 3.63) is 62.7 Å². The van der Waals surface area contributed by atoms with Gasteiger partial charge in [0, 0.05) is 4.47 Å². The van der Waals surface area contributed by atoms with Gasteiger partial charge in [-0.1, -0.05) is 28.1 Å². The molecule has 0 N–H and O–H groups in total. The Bertz CT molecular complexity index is 945. The largest absolute Gasteiger partial charge is 0.454 e. The van der Waals surface area contributed by atoms with Crippen LogP contribution in [0.3, 0.4) is 0 Å². The molecule has 26 heavy (non-hydrogen) atoms. The van der Waals surface area contributed by atoms with Crippen LogP contribution in [0.25, 0.3) is 6.08 Å². The van der Waals surface area contributed by atoms with E-state index in [-0.39, 0.29) is 30.3 Å². The number of hydrogen-bond acceptors (Lipinski definition) is 5. The number of halogens is 2. The standard InChI is InChI=1S/C18H11BrFNO4S/c19-13-7-15-14(24-9-25-15)5-11(13)6-16-17(22)21(18(23)26-16)8-10-1-3-12(20)4-2-10/h1-7H,8-9H2/b16-6+. The van der Waals surface area contributed by atoms with Crippen molar-refractivity contribution in [1.82, 2.24) is 4.90 Å². The monoisotopic (exact) mass is 435 g/mol. The Balaban J connectivity index is 1.59. The van der Waals surface area contributed by atoms with Gasteiger partial charge in [-0.2, -0.15) is 0 Å². The van der Waals surface area contributed by atoms with Crippen molar-refractivity contribution in [2.75, 3.05) is 6.79 Å². The van der Waals surface area contributed by atoms with E-state index in [4.69, 9.17) is 9.47 Å². The van der Waals surface area contributed by atoms with Crippen molar-refractivity contribution in [2.45, 2.75) is 6.54 Å². The van der Waals surface area contributed by atoms with Crippen LogP contribution in [0.15, 0.2) is 45.8 Å². The number of rotatable bonds is 3. The highest BCUT2D eigenvalue weighted by molar-refractivity contribution is 9.10. The van der Waals surface area contributed by atoms with E-state index in [0.717, 1.165) is 21.1 Å². The third kappa shape index (κ3) is 3.22. The molecular weight excluding hydrogens is 425 g/mol. The molecule has 0 unspecified atom stereocenters. The lowest BCUT2D eigenvalue weighted by Crippen LogP contribution is -2.27. The highest BCUT2D eigenvalue weighted by Gasteiger charge is 2.35. The molecule has 0 aliphatic carbocycles. The van der Waals surface area contributed by atoms with E-state index in [1.54, 1.807) is 30.3 Å². The van der Waals surface area contributed by atoms with E-state index in [9.17, 15) is 14.0 Å². The van der Waals surface area contributed by atoms with Crippen molar-refractivity contribution in [3.63, 3.8) is 0 Å². The second-order valence-electron chi connectivity index (χ2n) is 5.62. The Labute approximate surface area is 160 Å². The summed E-state index contributed by atoms with van der Waals surface area (Å²) in [6.07, 6.45) is 1.64. The van der Waals surface area contributed by atoms with Crippen LogP contribution in [0.1, 0.15) is 11.1 Å². The lowest BCUT2D eigenvalue weighted by Gasteiger charge is -2.12. The number of thioether (sulfide) groups is 1. The molecule has 8 heteroatoms. The normalized spacial score (nSPS) is 17.5. The van der Waals surface area contributed by atoms with Crippen LogP contribution in [-0.2, 0) is 11.3 Å². The quantitative estimate of drug-likeness (QED) is 0.661. The summed E-state index contributed by atoms with van der Waals surface area (Å²) >= 11 is 4.31. The number of hydrogen-bond donors (Lipinski definition) is 0. The zero-order valence-corrected chi connectivity index (χ0v) is 15.6. The van der Waals surface area contributed by atoms with E-state index in [1.165, 1.54) is 12.1 Å². The second-order valence-corrected chi connectivity index (χ2v) is 7.47. The summed E-state index contributed by atoms with van der Waals surface area (Å²) in [6.45, 7) is 0.254. The Hall–Kier alpha value is -2.32. The van der Waals surface area contributed by atoms with Gasteiger partial charge in [0.15, 0.2) is 11.5 Å². The van der Waals surface area contributed by atoms with Gasteiger partial charge in [-0.25, -0.2) is 4.39 Å². The zero-order chi connectivity index (χ0) is 18.3. The van der Waals surface area contributed by atoms with Crippen molar-refractivity contribution in [2.24, 2.45) is 0 Å². The summed E-state index contributed by atoms with van der Waals surface area (Å²) in [7, 11) is 0. The van der Waals surface area contributed by atoms with E-state index in [2.05, 4.69) is 15.9 Å². The minimum Gasteiger partial charge on any atom is -0.454 e. The van der Waals surface area contributed by atoms with E-state index >= 15 is 0 Å². The molecule has 0 atom stereocenters. The van der Waals surface area contributed by atoms with Gasteiger partial charge in [-0.3, -0.25) is 14.5 Å². The van der Waals surface area contributed by atoms with Crippen molar-refractivity contribution in [1.29, 1.82) is 0 Å². The predicted molar refractivity (Wildman–Crippen MR) is 98.2 cm³/mol. The molecule has 0 saturated carbocycles. The first kappa shape index (κ1) is 17.1. The number of carbonyl (C=O) groups is 2. The molecule has 4 rings (SSSR count). The van der Waals surface area contributed by atoms with Gasteiger partial charge in [0.2, 0.25) is 6.79 Å². The number of ether oxygens (including phenoxy) is 2. The first-order chi connectivity index (χ1) is 12.5. The topological polar surface area (TPSA) is 55.8 Å². The smallest absolute Gasteiger partial charge is 0.293 e. The fourth-order valence-electron chi connectivity index (χ4n) is 2.59. The van der Waals surface area contributed by atoms with Crippen molar-refractivity contribution < 1.29 is 23.5 Å². The van der Waals surface area contributed by atoms with E-state index < -0.39 is 0 Å². The summed E-state index contributed by atoms with van der Waals surface area (Å²) in [4.78, 5) is 26.3. The molecule has 0 radical (unpaired) electrons. The highest BCUT2D eigenvalue weighted by Crippen LogP contribution is 2.40. The second kappa shape index (κ2) is 6.77. The fraction of sp³-hybridized carbons (Fsp3) is 0.111. The zero-order valence-electron chi connectivity index (χ0n) is 13.2. The summed E-state index contributed by atoms with van der Waals surface area (Å²) in [5.74, 6) is 0.466. The van der Waals surface area contributed by atoms with Crippen LogP contribution in [-0.4, -0.2) is 22.8 Å². The van der Waals surface area contributed by atoms with Gasteiger partial charge in [0.1, 0.15) is 5.82 Å². The highest BCUT2D eigenvalue weighted by atomic mass is 79.9. The van der Waals surface area contributed by atoms with Gasteiger partial charge in [0.25, 0.3) is 11.1 Å². The summed E-state index contributed by atoms with van der Waals surface area (Å²) < 4.78 is 24.4. The first-order valence-electron chi connectivity index (χ1n) is 7.60. The molecule has 2 aliphatic rings. The van der Waals surface area contributed by atoms with Crippen molar-refractivity contribution in [3.8, 4) is 11.5 Å². The van der Waals surface area contributed by atoms with Gasteiger partial charge in [-0.05, 0) is 53.2 Å². The van der Waals surface area contributed by atoms with Crippen molar-refractivity contribution >= 4 is 44.9 Å². The molecule has 0 spiro atoms. The van der Waals surface area contributed by atoms with Gasteiger partial charge < -0.3 is 9.47 Å². The van der Waals surface area contributed by atoms with Crippen LogP contribution in [0.4, 0.5) is 9.18 Å². The Kier molecular flexibility index (Phi) is 4.46. The van der Waals surface area contributed by atoms with Crippen LogP contribution in [0.2, 0.25) is 0 Å². The SMILES string of the molecule is O=C1S/C(=C/c2cc3c(cc2Br)OCO3)C(=O)N1Cc1ccc(F)cc1. The molecule has 1 saturated heterocycles. The molecule has 2 aromatic rings. The average Bonchev–Trinajstić information content (AvgIpc) is 3.16. The number of fused-ring (bicyclic) bond motifs is 1. The lowest BCUT2D eigenvalue weighted by atomic mass is 10.1. The Morgan fingerprint density at radius 1 is 1.15 bits per heavy atom. The van der Waals surface area contributed by atoms with Gasteiger partial charge in [0.05, 0.1) is 11.4 Å². The molecule has 132 valence electrons. The molecule has 2 aliphatic heterocycles. The maximum absolute atomic E-state index is 13.0. The summed E-state index contributed by atoms with van der Waals surface area (Å²) in [5.41, 5.74) is 1.39. The summed E-state index contributed by atoms with van der Waals surface area (Å²) in [5, 5.41) is -0.359. The molecule has 0 aromatic heterocycles. The number of carbonyl (C=O) groups excluding carboxylic acids is 2. The maximum atomic E-state index is 13.0. The predicted octanol–water partition coefficient (Wildman–Crippen LogP) is 4.55. The van der Waals surface area contributed by atoms with Crippen LogP contribution in [0.5, 0.6) is 11.5 Å².